The van der Waals surface area contributed by atoms with Crippen LogP contribution in [0.3, 0.4) is 0 Å². The van der Waals surface area contributed by atoms with E-state index in [1.165, 1.54) is 32.1 Å². The van der Waals surface area contributed by atoms with Crippen LogP contribution in [-0.2, 0) is 19.1 Å². The van der Waals surface area contributed by atoms with Gasteiger partial charge in [0.2, 0.25) is 5.91 Å². The number of carboxylic acids is 1. The van der Waals surface area contributed by atoms with Gasteiger partial charge >= 0.3 is 11.9 Å². The molecule has 33 heavy (non-hydrogen) atoms. The van der Waals surface area contributed by atoms with Crippen LogP contribution in [0.15, 0.2) is 0 Å². The zero-order valence-electron chi connectivity index (χ0n) is 21.2. The van der Waals surface area contributed by atoms with Crippen LogP contribution >= 0.6 is 0 Å². The van der Waals surface area contributed by atoms with Crippen molar-refractivity contribution in [3.05, 3.63) is 0 Å². The molecule has 194 valence electrons. The molecular formula is C26H50N2O5. The Balaban J connectivity index is 4.08. The van der Waals surface area contributed by atoms with E-state index >= 15 is 0 Å². The summed E-state index contributed by atoms with van der Waals surface area (Å²) in [5, 5.41) is 11.8. The standard InChI is InChI=1S/C26H50N2O5/c1-3-5-7-8-9-10-14-20-25(30)33-22(16-6-4-2)17-12-11-13-19-24(29)28-23(26(31)32)18-15-21-27/h22-23H,3-21,27H2,1-2H3,(H,28,29)(H,31,32). The van der Waals surface area contributed by atoms with Crippen molar-refractivity contribution >= 4 is 17.8 Å². The van der Waals surface area contributed by atoms with Gasteiger partial charge in [0, 0.05) is 12.8 Å². The van der Waals surface area contributed by atoms with Crippen LogP contribution in [0.1, 0.15) is 129 Å². The third-order valence-corrected chi connectivity index (χ3v) is 5.92. The second-order valence-electron chi connectivity index (χ2n) is 9.11. The molecule has 0 aromatic rings. The van der Waals surface area contributed by atoms with Gasteiger partial charge in [-0.05, 0) is 51.5 Å². The van der Waals surface area contributed by atoms with E-state index in [2.05, 4.69) is 19.2 Å². The normalized spacial score (nSPS) is 12.8. The molecule has 7 heteroatoms. The van der Waals surface area contributed by atoms with E-state index in [0.29, 0.717) is 38.6 Å². The highest BCUT2D eigenvalue weighted by Crippen LogP contribution is 2.16. The van der Waals surface area contributed by atoms with E-state index in [1.807, 2.05) is 0 Å². The second-order valence-corrected chi connectivity index (χ2v) is 9.11. The third-order valence-electron chi connectivity index (χ3n) is 5.92. The van der Waals surface area contributed by atoms with Crippen molar-refractivity contribution in [3.63, 3.8) is 0 Å². The summed E-state index contributed by atoms with van der Waals surface area (Å²) in [6, 6.07) is -0.866. The molecule has 0 spiro atoms. The van der Waals surface area contributed by atoms with Gasteiger partial charge in [0.25, 0.3) is 0 Å². The number of rotatable bonds is 23. The quantitative estimate of drug-likeness (QED) is 0.134. The van der Waals surface area contributed by atoms with Crippen molar-refractivity contribution in [1.29, 1.82) is 0 Å². The fourth-order valence-electron chi connectivity index (χ4n) is 3.85. The molecule has 0 bridgehead atoms. The second kappa shape index (κ2) is 22.2. The Morgan fingerprint density at radius 1 is 0.758 bits per heavy atom. The first-order valence-corrected chi connectivity index (χ1v) is 13.4. The minimum Gasteiger partial charge on any atom is -0.480 e. The topological polar surface area (TPSA) is 119 Å². The first-order valence-electron chi connectivity index (χ1n) is 13.4. The number of nitrogens with one attached hydrogen (secondary N) is 1. The third kappa shape index (κ3) is 19.5. The monoisotopic (exact) mass is 470 g/mol. The van der Waals surface area contributed by atoms with E-state index in [9.17, 15) is 19.5 Å². The lowest BCUT2D eigenvalue weighted by Crippen LogP contribution is -2.40. The molecule has 4 N–H and O–H groups in total. The number of carboxylic acid groups (broad SMARTS) is 1. The van der Waals surface area contributed by atoms with Crippen LogP contribution in [-0.4, -0.2) is 41.6 Å². The Labute approximate surface area is 201 Å². The molecule has 2 unspecified atom stereocenters. The molecule has 0 saturated heterocycles. The van der Waals surface area contributed by atoms with E-state index in [1.54, 1.807) is 0 Å². The Kier molecular flexibility index (Phi) is 21.1. The fraction of sp³-hybridized carbons (Fsp3) is 0.885. The van der Waals surface area contributed by atoms with Crippen molar-refractivity contribution in [2.75, 3.05) is 6.54 Å². The summed E-state index contributed by atoms with van der Waals surface area (Å²) in [5.41, 5.74) is 5.42. The molecule has 0 aromatic heterocycles. The number of carbonyl (C=O) groups is 3. The zero-order valence-corrected chi connectivity index (χ0v) is 21.2. The van der Waals surface area contributed by atoms with E-state index in [0.717, 1.165) is 51.4 Å². The number of nitrogens with two attached hydrogens (primary N) is 1. The molecule has 0 rings (SSSR count). The average Bonchev–Trinajstić information content (AvgIpc) is 2.78. The first kappa shape index (κ1) is 31.4. The van der Waals surface area contributed by atoms with Crippen molar-refractivity contribution in [3.8, 4) is 0 Å². The minimum absolute atomic E-state index is 0.0384. The van der Waals surface area contributed by atoms with Crippen molar-refractivity contribution in [2.24, 2.45) is 5.73 Å². The highest BCUT2D eigenvalue weighted by atomic mass is 16.5. The number of hydrogen-bond acceptors (Lipinski definition) is 5. The number of hydrogen-bond donors (Lipinski definition) is 3. The van der Waals surface area contributed by atoms with Gasteiger partial charge in [0.1, 0.15) is 12.1 Å². The highest BCUT2D eigenvalue weighted by Gasteiger charge is 2.19. The van der Waals surface area contributed by atoms with Crippen LogP contribution in [0, 0.1) is 0 Å². The largest absolute Gasteiger partial charge is 0.480 e. The van der Waals surface area contributed by atoms with Gasteiger partial charge in [-0.2, -0.15) is 0 Å². The summed E-state index contributed by atoms with van der Waals surface area (Å²) in [7, 11) is 0. The Morgan fingerprint density at radius 3 is 1.97 bits per heavy atom. The lowest BCUT2D eigenvalue weighted by molar-refractivity contribution is -0.150. The molecule has 0 aliphatic heterocycles. The smallest absolute Gasteiger partial charge is 0.326 e. The van der Waals surface area contributed by atoms with Crippen LogP contribution in [0.25, 0.3) is 0 Å². The maximum Gasteiger partial charge on any atom is 0.326 e. The van der Waals surface area contributed by atoms with Gasteiger partial charge in [-0.15, -0.1) is 0 Å². The SMILES string of the molecule is CCCCCCCCCC(=O)OC(CCCC)CCCCCC(=O)NC(CCCN)C(=O)O. The summed E-state index contributed by atoms with van der Waals surface area (Å²) in [6.07, 6.45) is 16.2. The highest BCUT2D eigenvalue weighted by molar-refractivity contribution is 5.83. The van der Waals surface area contributed by atoms with Crippen LogP contribution in [0.2, 0.25) is 0 Å². The van der Waals surface area contributed by atoms with Gasteiger partial charge in [0.05, 0.1) is 0 Å². The van der Waals surface area contributed by atoms with Crippen LogP contribution in [0.4, 0.5) is 0 Å². The van der Waals surface area contributed by atoms with Crippen molar-refractivity contribution in [2.45, 2.75) is 142 Å². The molecule has 7 nitrogen and oxygen atoms in total. The number of aliphatic carboxylic acids is 1. The van der Waals surface area contributed by atoms with Gasteiger partial charge in [-0.1, -0.05) is 71.6 Å². The van der Waals surface area contributed by atoms with Crippen LogP contribution < -0.4 is 11.1 Å². The molecule has 0 aromatic carbocycles. The number of esters is 1. The molecule has 0 saturated carbocycles. The maximum absolute atomic E-state index is 12.2. The number of unbranched alkanes of at least 4 members (excludes halogenated alkanes) is 9. The summed E-state index contributed by atoms with van der Waals surface area (Å²) >= 11 is 0. The van der Waals surface area contributed by atoms with Gasteiger partial charge in [0.15, 0.2) is 0 Å². The first-order chi connectivity index (χ1) is 15.9. The molecule has 2 atom stereocenters. The van der Waals surface area contributed by atoms with Crippen molar-refractivity contribution in [1.82, 2.24) is 5.32 Å². The Morgan fingerprint density at radius 2 is 1.33 bits per heavy atom. The molecule has 0 aliphatic rings. The van der Waals surface area contributed by atoms with Gasteiger partial charge in [-0.25, -0.2) is 4.79 Å². The van der Waals surface area contributed by atoms with Gasteiger partial charge < -0.3 is 20.9 Å². The van der Waals surface area contributed by atoms with Gasteiger partial charge in [-0.3, -0.25) is 9.59 Å². The number of amides is 1. The lowest BCUT2D eigenvalue weighted by Gasteiger charge is -2.18. The Bertz CT molecular complexity index is 513. The number of ether oxygens (including phenoxy) is 1. The lowest BCUT2D eigenvalue weighted by atomic mass is 10.0. The summed E-state index contributed by atoms with van der Waals surface area (Å²) in [5.74, 6) is -1.34. The van der Waals surface area contributed by atoms with E-state index in [-0.39, 0.29) is 18.0 Å². The maximum atomic E-state index is 12.2. The summed E-state index contributed by atoms with van der Waals surface area (Å²) in [4.78, 5) is 35.5. The fourth-order valence-corrected chi connectivity index (χ4v) is 3.85. The predicted molar refractivity (Wildman–Crippen MR) is 133 cm³/mol. The van der Waals surface area contributed by atoms with E-state index < -0.39 is 12.0 Å². The predicted octanol–water partition coefficient (Wildman–Crippen LogP) is 5.49. The Hall–Kier alpha value is -1.63. The van der Waals surface area contributed by atoms with Crippen molar-refractivity contribution < 1.29 is 24.2 Å². The molecular weight excluding hydrogens is 420 g/mol. The molecule has 0 heterocycles. The average molecular weight is 471 g/mol. The molecule has 0 radical (unpaired) electrons. The van der Waals surface area contributed by atoms with E-state index in [4.69, 9.17) is 10.5 Å². The van der Waals surface area contributed by atoms with Crippen LogP contribution in [0.5, 0.6) is 0 Å². The number of carbonyl (C=O) groups excluding carboxylic acids is 2. The zero-order chi connectivity index (χ0) is 24.7. The molecule has 1 amide bonds. The summed E-state index contributed by atoms with van der Waals surface area (Å²) in [6.45, 7) is 4.75. The molecule has 0 fully saturated rings. The molecule has 0 aliphatic carbocycles. The summed E-state index contributed by atoms with van der Waals surface area (Å²) < 4.78 is 5.75. The minimum atomic E-state index is -1.02.